The molecule has 0 spiro atoms. The van der Waals surface area contributed by atoms with Gasteiger partial charge >= 0.3 is 5.97 Å². The number of esters is 1. The highest BCUT2D eigenvalue weighted by atomic mass is 28.3. The fourth-order valence-electron chi connectivity index (χ4n) is 2.97. The summed E-state index contributed by atoms with van der Waals surface area (Å²) < 4.78 is 5.48. The monoisotopic (exact) mass is 378 g/mol. The van der Waals surface area contributed by atoms with Crippen LogP contribution in [-0.4, -0.2) is 25.6 Å². The molecule has 27 heavy (non-hydrogen) atoms. The molecule has 0 saturated heterocycles. The van der Waals surface area contributed by atoms with E-state index >= 15 is 0 Å². The molecular weight excluding hydrogens is 356 g/mol. The Morgan fingerprint density at radius 1 is 0.852 bits per heavy atom. The van der Waals surface area contributed by atoms with Crippen molar-refractivity contribution in [2.24, 2.45) is 0 Å². The van der Waals surface area contributed by atoms with Crippen LogP contribution in [-0.2, 0) is 4.74 Å². The van der Waals surface area contributed by atoms with E-state index in [9.17, 15) is 14.4 Å². The van der Waals surface area contributed by atoms with E-state index in [2.05, 4.69) is 19.6 Å². The number of rotatable bonds is 5. The highest BCUT2D eigenvalue weighted by Crippen LogP contribution is 2.31. The smallest absolute Gasteiger partial charge is 0.343 e. The number of ether oxygens (including phenoxy) is 1. The standard InChI is InChI=1S/C22H22O4Si/c1-27(2,3)14-13-18-19(23)16-11-7-8-12-17(16)20(24)21(18)26-22(25)15-9-5-4-6-10-15/h4-12H,13-14H2,1-3H3. The SMILES string of the molecule is C[Si](C)(C)CCC1=C(OC(=O)c2ccccc2)C(=O)c2ccccc2C1=O. The van der Waals surface area contributed by atoms with Crippen LogP contribution in [0, 0.1) is 0 Å². The molecule has 3 rings (SSSR count). The first-order chi connectivity index (χ1) is 12.8. The normalized spacial score (nSPS) is 14.2. The van der Waals surface area contributed by atoms with Gasteiger partial charge in [-0.05, 0) is 18.6 Å². The Labute approximate surface area is 159 Å². The number of fused-ring (bicyclic) bond motifs is 1. The number of hydrogen-bond acceptors (Lipinski definition) is 4. The summed E-state index contributed by atoms with van der Waals surface area (Å²) in [6.45, 7) is 6.60. The van der Waals surface area contributed by atoms with Gasteiger partial charge < -0.3 is 4.74 Å². The van der Waals surface area contributed by atoms with Crippen molar-refractivity contribution in [3.05, 3.63) is 82.6 Å². The number of allylic oxidation sites excluding steroid dienone is 2. The van der Waals surface area contributed by atoms with Crippen LogP contribution in [0.2, 0.25) is 25.7 Å². The lowest BCUT2D eigenvalue weighted by Gasteiger charge is -2.23. The summed E-state index contributed by atoms with van der Waals surface area (Å²) in [7, 11) is -1.46. The molecule has 0 saturated carbocycles. The number of benzene rings is 2. The fraction of sp³-hybridized carbons (Fsp3) is 0.227. The van der Waals surface area contributed by atoms with E-state index in [1.54, 1.807) is 54.6 Å². The Kier molecular flexibility index (Phi) is 5.23. The second-order valence-electron chi connectivity index (χ2n) is 7.83. The Bertz CT molecular complexity index is 936. The minimum atomic E-state index is -1.46. The van der Waals surface area contributed by atoms with Gasteiger partial charge in [0.2, 0.25) is 5.78 Å². The van der Waals surface area contributed by atoms with Crippen molar-refractivity contribution in [3.8, 4) is 0 Å². The molecule has 0 radical (unpaired) electrons. The summed E-state index contributed by atoms with van der Waals surface area (Å²) in [4.78, 5) is 38.5. The third-order valence-electron chi connectivity index (χ3n) is 4.50. The van der Waals surface area contributed by atoms with E-state index in [-0.39, 0.29) is 17.1 Å². The van der Waals surface area contributed by atoms with Crippen LogP contribution in [0.5, 0.6) is 0 Å². The van der Waals surface area contributed by atoms with Gasteiger partial charge in [-0.3, -0.25) is 9.59 Å². The molecule has 0 heterocycles. The quantitative estimate of drug-likeness (QED) is 0.548. The van der Waals surface area contributed by atoms with Crippen LogP contribution >= 0.6 is 0 Å². The Morgan fingerprint density at radius 2 is 1.41 bits per heavy atom. The predicted octanol–water partition coefficient (Wildman–Crippen LogP) is 4.91. The summed E-state index contributed by atoms with van der Waals surface area (Å²) >= 11 is 0. The van der Waals surface area contributed by atoms with Gasteiger partial charge in [-0.2, -0.15) is 0 Å². The van der Waals surface area contributed by atoms with Gasteiger partial charge in [-0.15, -0.1) is 0 Å². The third kappa shape index (κ3) is 4.14. The van der Waals surface area contributed by atoms with Gasteiger partial charge in [0, 0.05) is 24.8 Å². The summed E-state index contributed by atoms with van der Waals surface area (Å²) in [5.74, 6) is -1.37. The average molecular weight is 379 g/mol. The summed E-state index contributed by atoms with van der Waals surface area (Å²) in [6.07, 6.45) is 0.437. The van der Waals surface area contributed by atoms with Crippen LogP contribution in [0.25, 0.3) is 0 Å². The Morgan fingerprint density at radius 3 is 2.00 bits per heavy atom. The lowest BCUT2D eigenvalue weighted by atomic mass is 9.87. The van der Waals surface area contributed by atoms with E-state index in [0.717, 1.165) is 6.04 Å². The highest BCUT2D eigenvalue weighted by Gasteiger charge is 2.35. The number of Topliss-reactive ketones (excluding diaryl/α,β-unsaturated/α-hetero) is 2. The molecule has 0 amide bonds. The molecule has 0 atom stereocenters. The lowest BCUT2D eigenvalue weighted by Crippen LogP contribution is -2.27. The van der Waals surface area contributed by atoms with Crippen LogP contribution in [0.3, 0.4) is 0 Å². The van der Waals surface area contributed by atoms with Gasteiger partial charge in [0.15, 0.2) is 11.5 Å². The van der Waals surface area contributed by atoms with Gasteiger partial charge in [-0.25, -0.2) is 4.79 Å². The Hall–Kier alpha value is -2.79. The first kappa shape index (κ1) is 19.0. The molecule has 2 aromatic carbocycles. The summed E-state index contributed by atoms with van der Waals surface area (Å²) in [6, 6.07) is 16.0. The molecule has 1 aliphatic rings. The fourth-order valence-corrected chi connectivity index (χ4v) is 3.97. The molecule has 2 aromatic rings. The molecule has 0 N–H and O–H groups in total. The van der Waals surface area contributed by atoms with Gasteiger partial charge in [0.25, 0.3) is 0 Å². The predicted molar refractivity (Wildman–Crippen MR) is 107 cm³/mol. The largest absolute Gasteiger partial charge is 0.418 e. The van der Waals surface area contributed by atoms with E-state index in [1.165, 1.54) is 0 Å². The Balaban J connectivity index is 2.01. The van der Waals surface area contributed by atoms with E-state index in [1.807, 2.05) is 0 Å². The van der Waals surface area contributed by atoms with Gasteiger partial charge in [0.1, 0.15) is 0 Å². The maximum absolute atomic E-state index is 13.0. The number of carbonyl (C=O) groups is 3. The van der Waals surface area contributed by atoms with Crippen LogP contribution in [0.1, 0.15) is 37.5 Å². The number of carbonyl (C=O) groups excluding carboxylic acids is 3. The molecular formula is C22H22O4Si. The summed E-state index contributed by atoms with van der Waals surface area (Å²) in [5, 5.41) is 0. The lowest BCUT2D eigenvalue weighted by molar-refractivity contribution is 0.0579. The second kappa shape index (κ2) is 7.45. The zero-order valence-electron chi connectivity index (χ0n) is 15.7. The maximum Gasteiger partial charge on any atom is 0.343 e. The summed E-state index contributed by atoms with van der Waals surface area (Å²) in [5.41, 5.74) is 1.32. The van der Waals surface area contributed by atoms with Crippen LogP contribution in [0.4, 0.5) is 0 Å². The van der Waals surface area contributed by atoms with E-state index in [0.29, 0.717) is 23.1 Å². The maximum atomic E-state index is 13.0. The minimum Gasteiger partial charge on any atom is -0.418 e. The molecule has 0 aliphatic heterocycles. The molecule has 1 aliphatic carbocycles. The molecule has 0 fully saturated rings. The zero-order chi connectivity index (χ0) is 19.6. The molecule has 4 nitrogen and oxygen atoms in total. The first-order valence-electron chi connectivity index (χ1n) is 8.97. The molecule has 5 heteroatoms. The van der Waals surface area contributed by atoms with Crippen molar-refractivity contribution in [2.45, 2.75) is 32.1 Å². The number of ketones is 2. The second-order valence-corrected chi connectivity index (χ2v) is 13.4. The van der Waals surface area contributed by atoms with Gasteiger partial charge in [-0.1, -0.05) is 68.1 Å². The van der Waals surface area contributed by atoms with Crippen molar-refractivity contribution < 1.29 is 19.1 Å². The number of hydrogen-bond donors (Lipinski definition) is 0. The van der Waals surface area contributed by atoms with Crippen molar-refractivity contribution in [2.75, 3.05) is 0 Å². The topological polar surface area (TPSA) is 60.4 Å². The molecule has 0 bridgehead atoms. The molecule has 138 valence electrons. The molecule has 0 unspecified atom stereocenters. The zero-order valence-corrected chi connectivity index (χ0v) is 16.7. The third-order valence-corrected chi connectivity index (χ3v) is 6.25. The van der Waals surface area contributed by atoms with Gasteiger partial charge in [0.05, 0.1) is 5.56 Å². The minimum absolute atomic E-state index is 0.120. The molecule has 0 aromatic heterocycles. The van der Waals surface area contributed by atoms with Crippen molar-refractivity contribution in [1.29, 1.82) is 0 Å². The average Bonchev–Trinajstić information content (AvgIpc) is 2.65. The first-order valence-corrected chi connectivity index (χ1v) is 12.7. The van der Waals surface area contributed by atoms with Crippen molar-refractivity contribution in [3.63, 3.8) is 0 Å². The van der Waals surface area contributed by atoms with Crippen LogP contribution < -0.4 is 0 Å². The van der Waals surface area contributed by atoms with Crippen molar-refractivity contribution >= 4 is 25.6 Å². The van der Waals surface area contributed by atoms with Crippen LogP contribution in [0.15, 0.2) is 65.9 Å². The van der Waals surface area contributed by atoms with Crippen molar-refractivity contribution in [1.82, 2.24) is 0 Å². The van der Waals surface area contributed by atoms with E-state index < -0.39 is 19.8 Å². The van der Waals surface area contributed by atoms with E-state index in [4.69, 9.17) is 4.74 Å². The highest BCUT2D eigenvalue weighted by molar-refractivity contribution is 6.76.